The number of H-pyrrole nitrogens is 1. The maximum absolute atomic E-state index is 14.0. The van der Waals surface area contributed by atoms with Crippen molar-refractivity contribution in [3.8, 4) is 0 Å². The van der Waals surface area contributed by atoms with Gasteiger partial charge in [-0.05, 0) is 68.1 Å². The van der Waals surface area contributed by atoms with Crippen molar-refractivity contribution >= 4 is 30.6 Å². The predicted molar refractivity (Wildman–Crippen MR) is 104 cm³/mol. The van der Waals surface area contributed by atoms with Crippen LogP contribution in [0.1, 0.15) is 39.5 Å². The standard InChI is InChI=1S/C20H19BF2N4/c1-11-8-13(3)26-18(11)17(16-10-25-20-15(16)6-5-7-24-20)19-12(2)9-14(4)27(19)21(22)23/h5-10,26H,1-4H3/p+1/b17-16-. The van der Waals surface area contributed by atoms with Gasteiger partial charge in [0.25, 0.3) is 0 Å². The molecular formula is C20H20BF2N4+. The number of aromatic amines is 1. The molecule has 0 fully saturated rings. The van der Waals surface area contributed by atoms with Crippen molar-refractivity contribution in [1.82, 2.24) is 14.4 Å². The van der Waals surface area contributed by atoms with Gasteiger partial charge in [-0.15, -0.1) is 0 Å². The van der Waals surface area contributed by atoms with E-state index in [1.165, 1.54) is 0 Å². The summed E-state index contributed by atoms with van der Waals surface area (Å²) in [6, 6.07) is 7.64. The van der Waals surface area contributed by atoms with Gasteiger partial charge in [0.1, 0.15) is 6.20 Å². The third-order valence-corrected chi connectivity index (χ3v) is 4.97. The van der Waals surface area contributed by atoms with Gasteiger partial charge in [-0.25, -0.2) is 4.99 Å². The molecule has 2 N–H and O–H groups in total. The molecule has 0 saturated heterocycles. The van der Waals surface area contributed by atoms with E-state index in [0.29, 0.717) is 11.4 Å². The maximum atomic E-state index is 14.0. The lowest BCUT2D eigenvalue weighted by atomic mass is 9.93. The van der Waals surface area contributed by atoms with Gasteiger partial charge in [0.15, 0.2) is 0 Å². The second-order valence-corrected chi connectivity index (χ2v) is 6.95. The van der Waals surface area contributed by atoms with E-state index >= 15 is 0 Å². The molecule has 1 aliphatic rings. The van der Waals surface area contributed by atoms with Gasteiger partial charge in [0.05, 0.1) is 17.5 Å². The second kappa shape index (κ2) is 6.34. The van der Waals surface area contributed by atoms with Crippen LogP contribution in [0, 0.1) is 27.7 Å². The van der Waals surface area contributed by atoms with Crippen LogP contribution >= 0.6 is 0 Å². The summed E-state index contributed by atoms with van der Waals surface area (Å²) in [7, 11) is -2.62. The predicted octanol–water partition coefficient (Wildman–Crippen LogP) is 2.97. The average molecular weight is 365 g/mol. The molecule has 0 bridgehead atoms. The molecule has 0 aliphatic carbocycles. The van der Waals surface area contributed by atoms with E-state index in [2.05, 4.69) is 15.0 Å². The molecule has 7 heteroatoms. The van der Waals surface area contributed by atoms with Crippen LogP contribution in [0.15, 0.2) is 30.5 Å². The van der Waals surface area contributed by atoms with Gasteiger partial charge < -0.3 is 9.46 Å². The lowest BCUT2D eigenvalue weighted by molar-refractivity contribution is -0.348. The van der Waals surface area contributed by atoms with Crippen molar-refractivity contribution in [3.63, 3.8) is 0 Å². The fourth-order valence-electron chi connectivity index (χ4n) is 3.92. The summed E-state index contributed by atoms with van der Waals surface area (Å²) in [6.45, 7) is 7.54. The van der Waals surface area contributed by atoms with Crippen LogP contribution in [0.2, 0.25) is 0 Å². The molecule has 0 radical (unpaired) electrons. The van der Waals surface area contributed by atoms with E-state index in [4.69, 9.17) is 0 Å². The Kier molecular flexibility index (Phi) is 4.10. The fraction of sp³-hybridized carbons (Fsp3) is 0.200. The molecule has 0 unspecified atom stereocenters. The molecular weight excluding hydrogens is 345 g/mol. The molecule has 136 valence electrons. The fourth-order valence-corrected chi connectivity index (χ4v) is 3.92. The Morgan fingerprint density at radius 2 is 1.93 bits per heavy atom. The molecule has 4 heterocycles. The number of hydrogen-bond donors (Lipinski definition) is 2. The first kappa shape index (κ1) is 17.5. The van der Waals surface area contributed by atoms with Gasteiger partial charge in [-0.1, -0.05) is 0 Å². The molecule has 0 aromatic carbocycles. The van der Waals surface area contributed by atoms with Gasteiger partial charge in [0, 0.05) is 28.2 Å². The molecule has 27 heavy (non-hydrogen) atoms. The zero-order valence-electron chi connectivity index (χ0n) is 15.7. The highest BCUT2D eigenvalue weighted by Gasteiger charge is 2.32. The SMILES string of the molecule is Cc1cc(C)c(/C(=C2\C=[NH+]c3ncccc32)c2c(C)cc(C)n2B(F)F)[nH]1. The Bertz CT molecular complexity index is 1110. The molecule has 0 saturated carbocycles. The zero-order valence-corrected chi connectivity index (χ0v) is 15.7. The highest BCUT2D eigenvalue weighted by molar-refractivity contribution is 6.42. The third kappa shape index (κ3) is 2.74. The Morgan fingerprint density at radius 1 is 1.15 bits per heavy atom. The summed E-state index contributed by atoms with van der Waals surface area (Å²) in [5.41, 5.74) is 7.23. The number of halogens is 2. The summed E-state index contributed by atoms with van der Waals surface area (Å²) >= 11 is 0. The van der Waals surface area contributed by atoms with E-state index in [1.54, 1.807) is 19.2 Å². The first-order chi connectivity index (χ1) is 12.9. The third-order valence-electron chi connectivity index (χ3n) is 4.97. The molecule has 3 aromatic heterocycles. The minimum absolute atomic E-state index is 0.525. The minimum atomic E-state index is -2.62. The Balaban J connectivity index is 2.12. The van der Waals surface area contributed by atoms with Crippen molar-refractivity contribution in [2.75, 3.05) is 0 Å². The number of rotatable bonds is 3. The summed E-state index contributed by atoms with van der Waals surface area (Å²) < 4.78 is 29.0. The normalized spacial score (nSPS) is 14.6. The summed E-state index contributed by atoms with van der Waals surface area (Å²) in [4.78, 5) is 10.9. The van der Waals surface area contributed by atoms with E-state index in [9.17, 15) is 8.63 Å². The summed E-state index contributed by atoms with van der Waals surface area (Å²) in [5.74, 6) is 0.732. The van der Waals surface area contributed by atoms with Crippen molar-refractivity contribution < 1.29 is 13.6 Å². The lowest BCUT2D eigenvalue weighted by Gasteiger charge is -2.16. The van der Waals surface area contributed by atoms with Crippen LogP contribution < -0.4 is 4.99 Å². The van der Waals surface area contributed by atoms with E-state index in [-0.39, 0.29) is 0 Å². The molecule has 3 aromatic rings. The number of aryl methyl sites for hydroxylation is 4. The zero-order chi connectivity index (χ0) is 19.3. The molecule has 1 aliphatic heterocycles. The molecule has 0 amide bonds. The Labute approximate surface area is 156 Å². The van der Waals surface area contributed by atoms with Crippen molar-refractivity contribution in [3.05, 3.63) is 69.9 Å². The number of hydrogen-bond acceptors (Lipinski definition) is 1. The second-order valence-electron chi connectivity index (χ2n) is 6.95. The summed E-state index contributed by atoms with van der Waals surface area (Å²) in [5, 5.41) is 0. The monoisotopic (exact) mass is 365 g/mol. The van der Waals surface area contributed by atoms with Crippen LogP contribution in [0.5, 0.6) is 0 Å². The molecule has 0 spiro atoms. The van der Waals surface area contributed by atoms with Crippen LogP contribution in [-0.2, 0) is 0 Å². The van der Waals surface area contributed by atoms with Gasteiger partial charge in [-0.2, -0.15) is 0 Å². The van der Waals surface area contributed by atoms with E-state index in [0.717, 1.165) is 49.5 Å². The number of allylic oxidation sites excluding steroid dienone is 1. The van der Waals surface area contributed by atoms with Crippen molar-refractivity contribution in [1.29, 1.82) is 0 Å². The van der Waals surface area contributed by atoms with Crippen LogP contribution in [0.3, 0.4) is 0 Å². The van der Waals surface area contributed by atoms with Gasteiger partial charge in [0.2, 0.25) is 0 Å². The van der Waals surface area contributed by atoms with Crippen molar-refractivity contribution in [2.45, 2.75) is 27.7 Å². The number of nitrogens with zero attached hydrogens (tertiary/aromatic N) is 2. The topological polar surface area (TPSA) is 47.6 Å². The Morgan fingerprint density at radius 3 is 2.59 bits per heavy atom. The Hall–Kier alpha value is -2.96. The average Bonchev–Trinajstić information content (AvgIpc) is 3.25. The van der Waals surface area contributed by atoms with E-state index in [1.807, 2.05) is 45.2 Å². The number of nitrogens with one attached hydrogen (secondary N) is 2. The minimum Gasteiger partial charge on any atom is -0.358 e. The van der Waals surface area contributed by atoms with Gasteiger partial charge in [-0.3, -0.25) is 8.63 Å². The quantitative estimate of drug-likeness (QED) is 0.689. The lowest BCUT2D eigenvalue weighted by Crippen LogP contribution is -2.59. The van der Waals surface area contributed by atoms with Crippen LogP contribution in [0.4, 0.5) is 14.4 Å². The molecule has 4 rings (SSSR count). The van der Waals surface area contributed by atoms with Crippen molar-refractivity contribution in [2.24, 2.45) is 0 Å². The highest BCUT2D eigenvalue weighted by Crippen LogP contribution is 2.37. The van der Waals surface area contributed by atoms with Crippen LogP contribution in [0.25, 0.3) is 11.1 Å². The van der Waals surface area contributed by atoms with E-state index < -0.39 is 7.40 Å². The smallest absolute Gasteiger partial charge is 0.358 e. The number of pyridine rings is 1. The summed E-state index contributed by atoms with van der Waals surface area (Å²) in [6.07, 6.45) is 3.56. The number of aromatic nitrogens is 3. The largest absolute Gasteiger partial charge is 0.677 e. The maximum Gasteiger partial charge on any atom is 0.677 e. The highest BCUT2D eigenvalue weighted by atomic mass is 19.2. The first-order valence-corrected chi connectivity index (χ1v) is 8.81. The molecule has 0 atom stereocenters. The molecule has 4 nitrogen and oxygen atoms in total. The number of fused-ring (bicyclic) bond motifs is 1. The first-order valence-electron chi connectivity index (χ1n) is 8.81. The van der Waals surface area contributed by atoms with Crippen LogP contribution in [-0.4, -0.2) is 28.1 Å². The van der Waals surface area contributed by atoms with Gasteiger partial charge >= 0.3 is 13.2 Å².